The molecule has 1 unspecified atom stereocenters. The van der Waals surface area contributed by atoms with Crippen molar-refractivity contribution in [3.8, 4) is 0 Å². The molecule has 1 saturated heterocycles. The third kappa shape index (κ3) is 6.56. The van der Waals surface area contributed by atoms with Crippen LogP contribution in [0.2, 0.25) is 0 Å². The lowest BCUT2D eigenvalue weighted by atomic mass is 10.1. The highest BCUT2D eigenvalue weighted by atomic mass is 79.9. The summed E-state index contributed by atoms with van der Waals surface area (Å²) in [6.45, 7) is 8.02. The first kappa shape index (κ1) is 20.1. The zero-order valence-corrected chi connectivity index (χ0v) is 17.4. The minimum atomic E-state index is -0.731. The van der Waals surface area contributed by atoms with Crippen molar-refractivity contribution in [3.05, 3.63) is 15.0 Å². The van der Waals surface area contributed by atoms with Gasteiger partial charge in [-0.15, -0.1) is 11.3 Å². The number of nitrogens with zero attached hydrogens (tertiary/aromatic N) is 2. The molecule has 0 saturated carbocycles. The molecular formula is C16H25BrN4O3S. The first-order chi connectivity index (χ1) is 11.6. The second kappa shape index (κ2) is 8.46. The number of nitrogens with one attached hydrogen (secondary N) is 2. The van der Waals surface area contributed by atoms with Gasteiger partial charge in [-0.25, -0.2) is 15.2 Å². The molecule has 7 nitrogen and oxygen atoms in total. The Hall–Kier alpha value is -1.19. The molecule has 0 radical (unpaired) electrons. The summed E-state index contributed by atoms with van der Waals surface area (Å²) in [5.41, 5.74) is 2.55. The molecule has 1 aliphatic rings. The van der Waals surface area contributed by atoms with Gasteiger partial charge in [-0.2, -0.15) is 0 Å². The summed E-state index contributed by atoms with van der Waals surface area (Å²) in [5.74, 6) is -0.177. The Kier molecular flexibility index (Phi) is 6.81. The first-order valence-electron chi connectivity index (χ1n) is 8.31. The Labute approximate surface area is 160 Å². The van der Waals surface area contributed by atoms with Crippen LogP contribution < -0.4 is 10.7 Å². The summed E-state index contributed by atoms with van der Waals surface area (Å²) < 4.78 is 6.03. The van der Waals surface area contributed by atoms with Gasteiger partial charge in [-0.1, -0.05) is 0 Å². The van der Waals surface area contributed by atoms with Crippen LogP contribution in [0.3, 0.4) is 0 Å². The van der Waals surface area contributed by atoms with Crippen LogP contribution in [0, 0.1) is 0 Å². The molecule has 25 heavy (non-hydrogen) atoms. The Morgan fingerprint density at radius 2 is 2.28 bits per heavy atom. The Morgan fingerprint density at radius 1 is 1.56 bits per heavy atom. The third-order valence-corrected chi connectivity index (χ3v) is 5.13. The number of hydrogen-bond acceptors (Lipinski definition) is 6. The highest BCUT2D eigenvalue weighted by molar-refractivity contribution is 9.10. The predicted molar refractivity (Wildman–Crippen MR) is 100 cm³/mol. The molecular weight excluding hydrogens is 408 g/mol. The van der Waals surface area contributed by atoms with Crippen molar-refractivity contribution in [2.45, 2.75) is 64.6 Å². The average Bonchev–Trinajstić information content (AvgIpc) is 2.89. The van der Waals surface area contributed by atoms with Gasteiger partial charge in [0, 0.05) is 24.4 Å². The highest BCUT2D eigenvalue weighted by Crippen LogP contribution is 2.18. The van der Waals surface area contributed by atoms with Gasteiger partial charge in [0.05, 0.1) is 5.01 Å². The van der Waals surface area contributed by atoms with Gasteiger partial charge < -0.3 is 10.1 Å². The van der Waals surface area contributed by atoms with Crippen LogP contribution in [0.5, 0.6) is 0 Å². The lowest BCUT2D eigenvalue weighted by molar-refractivity contribution is -0.139. The topological polar surface area (TPSA) is 83.6 Å². The number of carbonyl (C=O) groups excluding carboxylic acids is 2. The number of hydrogen-bond donors (Lipinski definition) is 2. The molecule has 1 aliphatic heterocycles. The molecule has 2 amide bonds. The van der Waals surface area contributed by atoms with Crippen LogP contribution in [0.4, 0.5) is 4.79 Å². The summed E-state index contributed by atoms with van der Waals surface area (Å²) >= 11 is 4.76. The van der Waals surface area contributed by atoms with Crippen molar-refractivity contribution in [2.24, 2.45) is 0 Å². The van der Waals surface area contributed by atoms with Gasteiger partial charge in [-0.05, 0) is 56.5 Å². The Morgan fingerprint density at radius 3 is 2.84 bits per heavy atom. The van der Waals surface area contributed by atoms with Crippen molar-refractivity contribution in [3.63, 3.8) is 0 Å². The number of ether oxygens (including phenoxy) is 1. The smallest absolute Gasteiger partial charge is 0.408 e. The van der Waals surface area contributed by atoms with Gasteiger partial charge in [0.15, 0.2) is 0 Å². The van der Waals surface area contributed by atoms with Gasteiger partial charge in [-0.3, -0.25) is 9.80 Å². The fourth-order valence-electron chi connectivity index (χ4n) is 2.52. The molecule has 2 rings (SSSR count). The molecule has 2 N–H and O–H groups in total. The Balaban J connectivity index is 2.10. The molecule has 2 atom stereocenters. The van der Waals surface area contributed by atoms with Gasteiger partial charge >= 0.3 is 6.09 Å². The van der Waals surface area contributed by atoms with E-state index in [9.17, 15) is 9.59 Å². The van der Waals surface area contributed by atoms with Crippen molar-refractivity contribution < 1.29 is 14.3 Å². The van der Waals surface area contributed by atoms with Crippen molar-refractivity contribution in [2.75, 3.05) is 6.54 Å². The lowest BCUT2D eigenvalue weighted by Gasteiger charge is -2.34. The van der Waals surface area contributed by atoms with E-state index in [4.69, 9.17) is 4.74 Å². The minimum absolute atomic E-state index is 0.177. The maximum Gasteiger partial charge on any atom is 0.408 e. The monoisotopic (exact) mass is 432 g/mol. The van der Waals surface area contributed by atoms with Crippen LogP contribution in [-0.2, 0) is 16.0 Å². The number of halogens is 1. The maximum atomic E-state index is 12.9. The zero-order chi connectivity index (χ0) is 18.6. The van der Waals surface area contributed by atoms with E-state index in [0.29, 0.717) is 13.0 Å². The second-order valence-corrected chi connectivity index (χ2v) is 8.88. The van der Waals surface area contributed by atoms with E-state index in [2.05, 4.69) is 31.7 Å². The molecule has 9 heteroatoms. The number of hydrazine groups is 1. The molecule has 1 aromatic rings. The van der Waals surface area contributed by atoms with Gasteiger partial charge in [0.2, 0.25) is 0 Å². The van der Waals surface area contributed by atoms with Crippen LogP contribution in [-0.4, -0.2) is 46.2 Å². The van der Waals surface area contributed by atoms with E-state index >= 15 is 0 Å². The molecule has 1 fully saturated rings. The molecule has 0 bridgehead atoms. The van der Waals surface area contributed by atoms with Crippen LogP contribution >= 0.6 is 27.3 Å². The quantitative estimate of drug-likeness (QED) is 0.763. The van der Waals surface area contributed by atoms with E-state index in [1.807, 2.05) is 12.3 Å². The first-order valence-corrected chi connectivity index (χ1v) is 9.98. The number of aromatic nitrogens is 1. The molecule has 0 aliphatic carbocycles. The second-order valence-electron chi connectivity index (χ2n) is 7.13. The number of rotatable bonds is 4. The SMILES string of the molecule is CC1CCCN(C(=O)[C@H](Cc2nc(Br)cs2)NC(=O)OC(C)(C)C)N1. The van der Waals surface area contributed by atoms with Crippen molar-refractivity contribution in [1.82, 2.24) is 20.7 Å². The number of amides is 2. The number of alkyl carbamates (subject to hydrolysis) is 1. The summed E-state index contributed by atoms with van der Waals surface area (Å²) in [6.07, 6.45) is 1.67. The largest absolute Gasteiger partial charge is 0.444 e. The van der Waals surface area contributed by atoms with Crippen LogP contribution in [0.15, 0.2) is 9.98 Å². The fourth-order valence-corrected chi connectivity index (χ4v) is 3.83. The normalized spacial score (nSPS) is 19.4. The lowest BCUT2D eigenvalue weighted by Crippen LogP contribution is -2.58. The van der Waals surface area contributed by atoms with E-state index in [1.54, 1.807) is 25.8 Å². The van der Waals surface area contributed by atoms with E-state index in [1.165, 1.54) is 11.3 Å². The molecule has 140 valence electrons. The third-order valence-electron chi connectivity index (χ3n) is 3.55. The standard InChI is InChI=1S/C16H25BrN4O3S/c1-10-6-5-7-21(20-10)14(22)11(8-13-19-12(17)9-25-13)18-15(23)24-16(2,3)4/h9-11,20H,5-8H2,1-4H3,(H,18,23)/t10?,11-/m0/s1. The Bertz CT molecular complexity index is 617. The molecule has 0 spiro atoms. The summed E-state index contributed by atoms with van der Waals surface area (Å²) in [7, 11) is 0. The van der Waals surface area contributed by atoms with E-state index < -0.39 is 17.7 Å². The maximum absolute atomic E-state index is 12.9. The van der Waals surface area contributed by atoms with E-state index in [-0.39, 0.29) is 11.9 Å². The van der Waals surface area contributed by atoms with Crippen LogP contribution in [0.25, 0.3) is 0 Å². The zero-order valence-electron chi connectivity index (χ0n) is 15.0. The van der Waals surface area contributed by atoms with Crippen LogP contribution in [0.1, 0.15) is 45.5 Å². The average molecular weight is 433 g/mol. The number of carbonyl (C=O) groups is 2. The molecule has 1 aromatic heterocycles. The minimum Gasteiger partial charge on any atom is -0.444 e. The van der Waals surface area contributed by atoms with Crippen molar-refractivity contribution >= 4 is 39.3 Å². The van der Waals surface area contributed by atoms with Crippen molar-refractivity contribution in [1.29, 1.82) is 0 Å². The summed E-state index contributed by atoms with van der Waals surface area (Å²) in [5, 5.41) is 6.92. The molecule has 0 aromatic carbocycles. The summed E-state index contributed by atoms with van der Waals surface area (Å²) in [4.78, 5) is 29.4. The number of thiazole rings is 1. The van der Waals surface area contributed by atoms with Gasteiger partial charge in [0.25, 0.3) is 5.91 Å². The van der Waals surface area contributed by atoms with Gasteiger partial charge in [0.1, 0.15) is 16.2 Å². The summed E-state index contributed by atoms with van der Waals surface area (Å²) in [6, 6.07) is -0.500. The molecule has 2 heterocycles. The predicted octanol–water partition coefficient (Wildman–Crippen LogP) is 2.86. The highest BCUT2D eigenvalue weighted by Gasteiger charge is 2.31. The van der Waals surface area contributed by atoms with E-state index in [0.717, 1.165) is 22.5 Å². The fraction of sp³-hybridized carbons (Fsp3) is 0.688.